The van der Waals surface area contributed by atoms with Crippen molar-refractivity contribution in [3.05, 3.63) is 10.6 Å². The monoisotopic (exact) mass is 233 g/mol. The van der Waals surface area contributed by atoms with Crippen LogP contribution in [-0.4, -0.2) is 33.5 Å². The van der Waals surface area contributed by atoms with E-state index in [-0.39, 0.29) is 13.0 Å². The van der Waals surface area contributed by atoms with E-state index in [4.69, 9.17) is 10.2 Å². The predicted octanol–water partition coefficient (Wildman–Crippen LogP) is 1.16. The fourth-order valence-corrected chi connectivity index (χ4v) is 2.93. The zero-order chi connectivity index (χ0) is 10.6. The van der Waals surface area contributed by atoms with E-state index in [1.807, 2.05) is 0 Å². The average molecular weight is 233 g/mol. The van der Waals surface area contributed by atoms with Crippen molar-refractivity contribution in [3.8, 4) is 0 Å². The van der Waals surface area contributed by atoms with Crippen molar-refractivity contribution < 1.29 is 15.0 Å². The molecule has 0 saturated carbocycles. The molecule has 2 N–H and O–H groups in total. The third kappa shape index (κ3) is 3.28. The predicted molar refractivity (Wildman–Crippen MR) is 56.0 cm³/mol. The van der Waals surface area contributed by atoms with Crippen molar-refractivity contribution in [2.45, 2.75) is 17.7 Å². The SMILES string of the molecule is Cc1nc(SCCO)sc1CC(=O)O. The summed E-state index contributed by atoms with van der Waals surface area (Å²) >= 11 is 2.83. The van der Waals surface area contributed by atoms with E-state index in [1.54, 1.807) is 6.92 Å². The van der Waals surface area contributed by atoms with E-state index in [2.05, 4.69) is 4.98 Å². The summed E-state index contributed by atoms with van der Waals surface area (Å²) in [5, 5.41) is 17.2. The molecule has 0 aliphatic heterocycles. The first-order valence-electron chi connectivity index (χ1n) is 4.05. The molecule has 0 aliphatic rings. The topological polar surface area (TPSA) is 70.4 Å². The van der Waals surface area contributed by atoms with Crippen LogP contribution in [0.3, 0.4) is 0 Å². The summed E-state index contributed by atoms with van der Waals surface area (Å²) in [5.41, 5.74) is 0.776. The number of aliphatic hydroxyl groups is 1. The Morgan fingerprint density at radius 2 is 2.36 bits per heavy atom. The maximum Gasteiger partial charge on any atom is 0.308 e. The molecule has 0 fully saturated rings. The molecule has 1 aromatic heterocycles. The minimum Gasteiger partial charge on any atom is -0.481 e. The normalized spacial score (nSPS) is 10.4. The van der Waals surface area contributed by atoms with E-state index in [0.29, 0.717) is 5.75 Å². The maximum absolute atomic E-state index is 10.5. The standard InChI is InChI=1S/C8H11NO3S2/c1-5-6(4-7(11)12)14-8(9-5)13-3-2-10/h10H,2-4H2,1H3,(H,11,12). The van der Waals surface area contributed by atoms with Crippen LogP contribution in [0.5, 0.6) is 0 Å². The van der Waals surface area contributed by atoms with Gasteiger partial charge in [0.2, 0.25) is 0 Å². The molecule has 0 atom stereocenters. The number of aromatic nitrogens is 1. The summed E-state index contributed by atoms with van der Waals surface area (Å²) in [6, 6.07) is 0. The molecule has 0 spiro atoms. The van der Waals surface area contributed by atoms with Gasteiger partial charge in [-0.3, -0.25) is 4.79 Å². The summed E-state index contributed by atoms with van der Waals surface area (Å²) in [5.74, 6) is -0.241. The lowest BCUT2D eigenvalue weighted by Crippen LogP contribution is -1.99. The van der Waals surface area contributed by atoms with E-state index in [0.717, 1.165) is 14.9 Å². The fraction of sp³-hybridized carbons (Fsp3) is 0.500. The van der Waals surface area contributed by atoms with Crippen LogP contribution in [0.25, 0.3) is 0 Å². The van der Waals surface area contributed by atoms with Crippen LogP contribution in [0.4, 0.5) is 0 Å². The molecule has 1 rings (SSSR count). The van der Waals surface area contributed by atoms with Gasteiger partial charge in [0.1, 0.15) is 4.34 Å². The second kappa shape index (κ2) is 5.33. The van der Waals surface area contributed by atoms with Crippen molar-refractivity contribution in [3.63, 3.8) is 0 Å². The molecule has 6 heteroatoms. The van der Waals surface area contributed by atoms with E-state index in [9.17, 15) is 4.79 Å². The van der Waals surface area contributed by atoms with Gasteiger partial charge in [0.15, 0.2) is 0 Å². The molecule has 0 aromatic carbocycles. The number of thioether (sulfide) groups is 1. The van der Waals surface area contributed by atoms with Gasteiger partial charge in [-0.15, -0.1) is 11.3 Å². The second-order valence-electron chi connectivity index (χ2n) is 2.63. The zero-order valence-electron chi connectivity index (χ0n) is 7.69. The van der Waals surface area contributed by atoms with Gasteiger partial charge < -0.3 is 10.2 Å². The fourth-order valence-electron chi connectivity index (χ4n) is 0.897. The van der Waals surface area contributed by atoms with Crippen LogP contribution in [0, 0.1) is 6.92 Å². The van der Waals surface area contributed by atoms with Crippen molar-refractivity contribution >= 4 is 29.1 Å². The Balaban J connectivity index is 2.66. The highest BCUT2D eigenvalue weighted by atomic mass is 32.2. The highest BCUT2D eigenvalue weighted by Crippen LogP contribution is 2.27. The van der Waals surface area contributed by atoms with Crippen LogP contribution in [0.2, 0.25) is 0 Å². The van der Waals surface area contributed by atoms with Gasteiger partial charge in [0.25, 0.3) is 0 Å². The summed E-state index contributed by atoms with van der Waals surface area (Å²) in [6.07, 6.45) is 0.0309. The maximum atomic E-state index is 10.5. The molecular formula is C8H11NO3S2. The van der Waals surface area contributed by atoms with Crippen molar-refractivity contribution in [2.24, 2.45) is 0 Å². The lowest BCUT2D eigenvalue weighted by atomic mass is 10.3. The van der Waals surface area contributed by atoms with Crippen LogP contribution < -0.4 is 0 Å². The third-order valence-electron chi connectivity index (χ3n) is 1.50. The first kappa shape index (κ1) is 11.5. The summed E-state index contributed by atoms with van der Waals surface area (Å²) in [7, 11) is 0. The molecule has 0 amide bonds. The number of aryl methyl sites for hydroxylation is 1. The molecule has 1 heterocycles. The molecule has 0 aliphatic carbocycles. The van der Waals surface area contributed by atoms with Crippen molar-refractivity contribution in [2.75, 3.05) is 12.4 Å². The number of carbonyl (C=O) groups is 1. The first-order valence-corrected chi connectivity index (χ1v) is 5.85. The van der Waals surface area contributed by atoms with Crippen LogP contribution in [-0.2, 0) is 11.2 Å². The van der Waals surface area contributed by atoms with Crippen molar-refractivity contribution in [1.82, 2.24) is 4.98 Å². The second-order valence-corrected chi connectivity index (χ2v) is 5.06. The number of carboxylic acids is 1. The molecule has 0 unspecified atom stereocenters. The minimum absolute atomic E-state index is 0.0309. The number of hydrogen-bond donors (Lipinski definition) is 2. The molecule has 0 bridgehead atoms. The number of hydrogen-bond acceptors (Lipinski definition) is 5. The summed E-state index contributed by atoms with van der Waals surface area (Å²) in [6.45, 7) is 1.91. The Hall–Kier alpha value is -0.590. The number of thiazole rings is 1. The summed E-state index contributed by atoms with van der Waals surface area (Å²) < 4.78 is 0.827. The highest BCUT2D eigenvalue weighted by molar-refractivity contribution is 8.01. The number of aliphatic hydroxyl groups excluding tert-OH is 1. The number of carboxylic acid groups (broad SMARTS) is 1. The van der Waals surface area contributed by atoms with Gasteiger partial charge in [-0.05, 0) is 6.92 Å². The van der Waals surface area contributed by atoms with Gasteiger partial charge in [0.05, 0.1) is 18.7 Å². The largest absolute Gasteiger partial charge is 0.481 e. The third-order valence-corrected chi connectivity index (χ3v) is 3.78. The molecule has 0 saturated heterocycles. The molecule has 0 radical (unpaired) electrons. The Morgan fingerprint density at radius 3 is 2.93 bits per heavy atom. The average Bonchev–Trinajstić information content (AvgIpc) is 2.43. The van der Waals surface area contributed by atoms with Crippen LogP contribution in [0.15, 0.2) is 4.34 Å². The van der Waals surface area contributed by atoms with Gasteiger partial charge in [-0.2, -0.15) is 0 Å². The molecule has 78 valence electrons. The van der Waals surface area contributed by atoms with E-state index in [1.165, 1.54) is 23.1 Å². The van der Waals surface area contributed by atoms with Gasteiger partial charge in [0, 0.05) is 10.6 Å². The molecule has 1 aromatic rings. The first-order chi connectivity index (χ1) is 6.63. The van der Waals surface area contributed by atoms with Gasteiger partial charge >= 0.3 is 5.97 Å². The number of aliphatic carboxylic acids is 1. The smallest absolute Gasteiger partial charge is 0.308 e. The number of rotatable bonds is 5. The Bertz CT molecular complexity index is 324. The zero-order valence-corrected chi connectivity index (χ0v) is 9.32. The summed E-state index contributed by atoms with van der Waals surface area (Å²) in [4.78, 5) is 15.5. The highest BCUT2D eigenvalue weighted by Gasteiger charge is 2.10. The van der Waals surface area contributed by atoms with Crippen molar-refractivity contribution in [1.29, 1.82) is 0 Å². The molecular weight excluding hydrogens is 222 g/mol. The van der Waals surface area contributed by atoms with E-state index < -0.39 is 5.97 Å². The number of nitrogens with zero attached hydrogens (tertiary/aromatic N) is 1. The van der Waals surface area contributed by atoms with Gasteiger partial charge in [-0.1, -0.05) is 11.8 Å². The van der Waals surface area contributed by atoms with E-state index >= 15 is 0 Å². The lowest BCUT2D eigenvalue weighted by molar-refractivity contribution is -0.136. The van der Waals surface area contributed by atoms with Crippen LogP contribution in [0.1, 0.15) is 10.6 Å². The lowest BCUT2D eigenvalue weighted by Gasteiger charge is -1.90. The molecule has 4 nitrogen and oxygen atoms in total. The Morgan fingerprint density at radius 1 is 1.64 bits per heavy atom. The van der Waals surface area contributed by atoms with Crippen LogP contribution >= 0.6 is 23.1 Å². The molecule has 14 heavy (non-hydrogen) atoms. The Labute approximate surface area is 90.0 Å². The minimum atomic E-state index is -0.838. The van der Waals surface area contributed by atoms with Gasteiger partial charge in [-0.25, -0.2) is 4.98 Å². The Kier molecular flexibility index (Phi) is 4.37. The quantitative estimate of drug-likeness (QED) is 0.747.